The average Bonchev–Trinajstić information content (AvgIpc) is 3.30. The normalized spacial score (nSPS) is 14.3. The summed E-state index contributed by atoms with van der Waals surface area (Å²) >= 11 is 10.0. The number of nitriles is 1. The molecule has 162 valence electrons. The highest BCUT2D eigenvalue weighted by atomic mass is 79.9. The fraction of sp³-hybridized carbons (Fsp3) is 0.231. The van der Waals surface area contributed by atoms with Crippen molar-refractivity contribution in [1.82, 2.24) is 5.32 Å². The first-order valence-electron chi connectivity index (χ1n) is 10.6. The van der Waals surface area contributed by atoms with Gasteiger partial charge >= 0.3 is 0 Å². The van der Waals surface area contributed by atoms with Crippen LogP contribution in [-0.2, 0) is 11.4 Å². The third-order valence-corrected chi connectivity index (χ3v) is 6.51. The molecule has 3 aromatic carbocycles. The second-order valence-corrected chi connectivity index (χ2v) is 9.13. The molecule has 4 nitrogen and oxygen atoms in total. The number of halogens is 2. The highest BCUT2D eigenvalue weighted by Crippen LogP contribution is 2.36. The van der Waals surface area contributed by atoms with Crippen molar-refractivity contribution in [2.75, 3.05) is 0 Å². The molecule has 3 aromatic rings. The van der Waals surface area contributed by atoms with Crippen LogP contribution in [0.5, 0.6) is 5.75 Å². The van der Waals surface area contributed by atoms with Crippen molar-refractivity contribution >= 4 is 50.3 Å². The zero-order chi connectivity index (χ0) is 22.5. The molecule has 1 aliphatic carbocycles. The lowest BCUT2D eigenvalue weighted by Crippen LogP contribution is -2.33. The molecular formula is C26H22BrClN2O2. The Labute approximate surface area is 201 Å². The Hall–Kier alpha value is -2.81. The quantitative estimate of drug-likeness (QED) is 0.293. The van der Waals surface area contributed by atoms with E-state index in [2.05, 4.69) is 39.4 Å². The van der Waals surface area contributed by atoms with Gasteiger partial charge in [0.25, 0.3) is 5.91 Å². The van der Waals surface area contributed by atoms with Gasteiger partial charge in [-0.05, 0) is 68.9 Å². The highest BCUT2D eigenvalue weighted by Gasteiger charge is 2.19. The molecule has 1 amide bonds. The number of hydrogen-bond donors (Lipinski definition) is 1. The van der Waals surface area contributed by atoms with Gasteiger partial charge in [0.1, 0.15) is 18.2 Å². The topological polar surface area (TPSA) is 62.1 Å². The molecule has 4 rings (SSSR count). The number of carbonyl (C=O) groups excluding carboxylic acids is 1. The Morgan fingerprint density at radius 1 is 1.19 bits per heavy atom. The first-order valence-corrected chi connectivity index (χ1v) is 11.7. The number of nitrogens with zero attached hydrogens (tertiary/aromatic N) is 1. The summed E-state index contributed by atoms with van der Waals surface area (Å²) in [5, 5.41) is 15.1. The van der Waals surface area contributed by atoms with E-state index in [1.54, 1.807) is 18.2 Å². The van der Waals surface area contributed by atoms with Crippen LogP contribution in [0.1, 0.15) is 36.8 Å². The highest BCUT2D eigenvalue weighted by molar-refractivity contribution is 9.10. The van der Waals surface area contributed by atoms with Crippen molar-refractivity contribution in [3.8, 4) is 11.8 Å². The number of carbonyl (C=O) groups is 1. The standard InChI is InChI=1S/C26H22BrClN2O2/c27-23-13-17(12-20(15-29)26(31)30-21-9-2-3-10-21)14-24(28)25(23)32-16-19-8-5-7-18-6-1-4-11-22(18)19/h1,4-8,11-14,21H,2-3,9-10,16H2,(H,30,31)/b20-12-. The van der Waals surface area contributed by atoms with Crippen LogP contribution < -0.4 is 10.1 Å². The molecule has 1 fully saturated rings. The molecule has 0 aliphatic heterocycles. The number of ether oxygens (including phenoxy) is 1. The van der Waals surface area contributed by atoms with Crippen LogP contribution in [0.2, 0.25) is 5.02 Å². The zero-order valence-electron chi connectivity index (χ0n) is 17.4. The Morgan fingerprint density at radius 3 is 2.69 bits per heavy atom. The Morgan fingerprint density at radius 2 is 1.94 bits per heavy atom. The van der Waals surface area contributed by atoms with E-state index in [9.17, 15) is 10.1 Å². The number of amides is 1. The van der Waals surface area contributed by atoms with Crippen LogP contribution >= 0.6 is 27.5 Å². The lowest BCUT2D eigenvalue weighted by molar-refractivity contribution is -0.117. The number of hydrogen-bond acceptors (Lipinski definition) is 3. The third kappa shape index (κ3) is 5.15. The van der Waals surface area contributed by atoms with Gasteiger partial charge in [0.2, 0.25) is 0 Å². The van der Waals surface area contributed by atoms with Crippen molar-refractivity contribution in [2.24, 2.45) is 0 Å². The number of fused-ring (bicyclic) bond motifs is 1. The summed E-state index contributed by atoms with van der Waals surface area (Å²) in [6.07, 6.45) is 5.70. The van der Waals surface area contributed by atoms with Crippen molar-refractivity contribution in [1.29, 1.82) is 5.26 Å². The summed E-state index contributed by atoms with van der Waals surface area (Å²) in [6.45, 7) is 0.363. The van der Waals surface area contributed by atoms with E-state index in [0.29, 0.717) is 27.4 Å². The van der Waals surface area contributed by atoms with Gasteiger partial charge in [-0.25, -0.2) is 0 Å². The van der Waals surface area contributed by atoms with E-state index in [1.807, 2.05) is 30.3 Å². The molecule has 1 saturated carbocycles. The molecule has 1 N–H and O–H groups in total. The van der Waals surface area contributed by atoms with Gasteiger partial charge in [-0.15, -0.1) is 0 Å². The average molecular weight is 510 g/mol. The van der Waals surface area contributed by atoms with Crippen LogP contribution in [0.25, 0.3) is 16.8 Å². The summed E-state index contributed by atoms with van der Waals surface area (Å²) in [7, 11) is 0. The molecule has 0 saturated heterocycles. The smallest absolute Gasteiger partial charge is 0.262 e. The van der Waals surface area contributed by atoms with Gasteiger partial charge in [-0.3, -0.25) is 4.79 Å². The first-order chi connectivity index (χ1) is 15.5. The predicted molar refractivity (Wildman–Crippen MR) is 131 cm³/mol. The van der Waals surface area contributed by atoms with Gasteiger partial charge in [-0.1, -0.05) is 66.9 Å². The fourth-order valence-electron chi connectivity index (χ4n) is 4.02. The van der Waals surface area contributed by atoms with Gasteiger partial charge in [0.15, 0.2) is 5.75 Å². The Balaban J connectivity index is 1.51. The minimum absolute atomic E-state index is 0.0595. The molecule has 0 heterocycles. The zero-order valence-corrected chi connectivity index (χ0v) is 19.7. The van der Waals surface area contributed by atoms with Gasteiger partial charge in [-0.2, -0.15) is 5.26 Å². The molecule has 0 aromatic heterocycles. The van der Waals surface area contributed by atoms with Gasteiger partial charge in [0.05, 0.1) is 9.50 Å². The maximum Gasteiger partial charge on any atom is 0.262 e. The summed E-state index contributed by atoms with van der Waals surface area (Å²) < 4.78 is 6.70. The molecule has 0 atom stereocenters. The van der Waals surface area contributed by atoms with Crippen LogP contribution in [-0.4, -0.2) is 11.9 Å². The van der Waals surface area contributed by atoms with Crippen LogP contribution in [0.4, 0.5) is 0 Å². The summed E-state index contributed by atoms with van der Waals surface area (Å²) in [5.41, 5.74) is 1.77. The van der Waals surface area contributed by atoms with E-state index < -0.39 is 0 Å². The van der Waals surface area contributed by atoms with Crippen molar-refractivity contribution in [3.05, 3.63) is 80.8 Å². The molecule has 1 aliphatic rings. The van der Waals surface area contributed by atoms with Crippen molar-refractivity contribution < 1.29 is 9.53 Å². The molecule has 6 heteroatoms. The molecule has 0 unspecified atom stereocenters. The molecule has 0 spiro atoms. The third-order valence-electron chi connectivity index (χ3n) is 5.64. The molecule has 32 heavy (non-hydrogen) atoms. The largest absolute Gasteiger partial charge is 0.486 e. The number of nitrogens with one attached hydrogen (secondary N) is 1. The minimum atomic E-state index is -0.345. The second kappa shape index (κ2) is 10.2. The van der Waals surface area contributed by atoms with Gasteiger partial charge < -0.3 is 10.1 Å². The van der Waals surface area contributed by atoms with Crippen LogP contribution in [0.3, 0.4) is 0 Å². The number of benzene rings is 3. The molecule has 0 bridgehead atoms. The number of rotatable bonds is 6. The van der Waals surface area contributed by atoms with E-state index >= 15 is 0 Å². The van der Waals surface area contributed by atoms with E-state index in [-0.39, 0.29) is 17.5 Å². The Kier molecular flexibility index (Phi) is 7.14. The van der Waals surface area contributed by atoms with E-state index in [1.165, 1.54) is 0 Å². The Bertz CT molecular complexity index is 1200. The first kappa shape index (κ1) is 22.4. The van der Waals surface area contributed by atoms with Crippen LogP contribution in [0, 0.1) is 11.3 Å². The lowest BCUT2D eigenvalue weighted by Gasteiger charge is -2.13. The van der Waals surface area contributed by atoms with Crippen molar-refractivity contribution in [3.63, 3.8) is 0 Å². The minimum Gasteiger partial charge on any atom is -0.486 e. The monoisotopic (exact) mass is 508 g/mol. The molecular weight excluding hydrogens is 488 g/mol. The predicted octanol–water partition coefficient (Wildman–Crippen LogP) is 6.80. The summed E-state index contributed by atoms with van der Waals surface area (Å²) in [4.78, 5) is 12.5. The summed E-state index contributed by atoms with van der Waals surface area (Å²) in [6, 6.07) is 19.9. The SMILES string of the molecule is N#C/C(=C/c1cc(Cl)c(OCc2cccc3ccccc23)c(Br)c1)C(=O)NC1CCCC1. The second-order valence-electron chi connectivity index (χ2n) is 7.87. The molecule has 0 radical (unpaired) electrons. The maximum atomic E-state index is 12.5. The maximum absolute atomic E-state index is 12.5. The van der Waals surface area contributed by atoms with E-state index in [0.717, 1.165) is 42.0 Å². The summed E-state index contributed by atoms with van der Waals surface area (Å²) in [5.74, 6) is 0.175. The van der Waals surface area contributed by atoms with Crippen LogP contribution in [0.15, 0.2) is 64.6 Å². The van der Waals surface area contributed by atoms with E-state index in [4.69, 9.17) is 16.3 Å². The lowest BCUT2D eigenvalue weighted by atomic mass is 10.1. The fourth-order valence-corrected chi connectivity index (χ4v) is 5.01. The van der Waals surface area contributed by atoms with Crippen molar-refractivity contribution in [2.45, 2.75) is 38.3 Å². The van der Waals surface area contributed by atoms with Gasteiger partial charge in [0, 0.05) is 6.04 Å².